The zero-order valence-corrected chi connectivity index (χ0v) is 31.1. The summed E-state index contributed by atoms with van der Waals surface area (Å²) in [6, 6.07) is 13.2. The maximum absolute atomic E-state index is 13.7. The number of ether oxygens (including phenoxy) is 3. The fourth-order valence-corrected chi connectivity index (χ4v) is 5.93. The molecular weight excluding hydrogens is 716 g/mol. The minimum atomic E-state index is -4.97. The fourth-order valence-electron chi connectivity index (χ4n) is 5.93. The maximum atomic E-state index is 13.7. The Morgan fingerprint density at radius 3 is 2.06 bits per heavy atom. The number of nitrogens with zero attached hydrogens (tertiary/aromatic N) is 3. The average Bonchev–Trinajstić information content (AvgIpc) is 3.11. The third kappa shape index (κ3) is 11.0. The van der Waals surface area contributed by atoms with E-state index in [1.54, 1.807) is 7.11 Å². The zero-order chi connectivity index (χ0) is 39.8. The van der Waals surface area contributed by atoms with Gasteiger partial charge in [0.15, 0.2) is 5.75 Å². The number of carbonyl (C=O) groups is 1. The molecule has 0 unspecified atom stereocenters. The van der Waals surface area contributed by atoms with Crippen LogP contribution < -0.4 is 19.1 Å². The standard InChI is InChI=1S/C40H45F6N3O5/c1-7-53-31-11-12-33(34-20-27(25(2)3)10-13-35(34)52-6)28(19-31)24-49(37-47-22-32(23-48-37)54-16-8-9-36(50)51)38(4,5)15-14-26-17-29(39(41,42)43)21-30(18-26)40(44,45)46/h10-13,17-23,25H,7-9,14-16,24H2,1-6H3,(H,50,51). The Bertz CT molecular complexity index is 1850. The highest BCUT2D eigenvalue weighted by atomic mass is 19.4. The molecular formula is C40H45F6N3O5. The van der Waals surface area contributed by atoms with Crippen LogP contribution in [0.25, 0.3) is 11.1 Å². The molecule has 0 amide bonds. The second kappa shape index (κ2) is 17.4. The molecule has 8 nitrogen and oxygen atoms in total. The molecule has 0 fully saturated rings. The number of carboxylic acids is 1. The van der Waals surface area contributed by atoms with Crippen molar-refractivity contribution in [2.75, 3.05) is 25.2 Å². The smallest absolute Gasteiger partial charge is 0.416 e. The molecule has 0 aliphatic carbocycles. The predicted octanol–water partition coefficient (Wildman–Crippen LogP) is 10.4. The molecule has 0 spiro atoms. The maximum Gasteiger partial charge on any atom is 0.416 e. The van der Waals surface area contributed by atoms with E-state index >= 15 is 0 Å². The highest BCUT2D eigenvalue weighted by Crippen LogP contribution is 2.40. The van der Waals surface area contributed by atoms with Gasteiger partial charge in [-0.15, -0.1) is 0 Å². The van der Waals surface area contributed by atoms with Gasteiger partial charge in [-0.1, -0.05) is 26.0 Å². The van der Waals surface area contributed by atoms with Gasteiger partial charge in [-0.05, 0) is 111 Å². The van der Waals surface area contributed by atoms with E-state index < -0.39 is 35.0 Å². The summed E-state index contributed by atoms with van der Waals surface area (Å²) in [7, 11) is 1.58. The fraction of sp³-hybridized carbons (Fsp3) is 0.425. The molecule has 0 saturated heterocycles. The molecule has 0 aliphatic rings. The minimum absolute atomic E-state index is 0.0781. The van der Waals surface area contributed by atoms with Gasteiger partial charge in [-0.25, -0.2) is 9.97 Å². The van der Waals surface area contributed by atoms with Crippen molar-refractivity contribution in [2.24, 2.45) is 0 Å². The van der Waals surface area contributed by atoms with Gasteiger partial charge in [-0.3, -0.25) is 4.79 Å². The largest absolute Gasteiger partial charge is 0.496 e. The first kappa shape index (κ1) is 41.7. The van der Waals surface area contributed by atoms with Crippen molar-refractivity contribution in [3.8, 4) is 28.4 Å². The Kier molecular flexibility index (Phi) is 13.5. The van der Waals surface area contributed by atoms with Crippen LogP contribution in [0.15, 0.2) is 67.0 Å². The number of aryl methyl sites for hydroxylation is 1. The number of hydrogen-bond donors (Lipinski definition) is 1. The highest BCUT2D eigenvalue weighted by Gasteiger charge is 2.37. The number of carboxylic acid groups (broad SMARTS) is 1. The third-order valence-corrected chi connectivity index (χ3v) is 8.96. The van der Waals surface area contributed by atoms with E-state index in [-0.39, 0.29) is 62.3 Å². The quantitative estimate of drug-likeness (QED) is 0.0840. The van der Waals surface area contributed by atoms with Gasteiger partial charge < -0.3 is 24.2 Å². The molecule has 0 bridgehead atoms. The van der Waals surface area contributed by atoms with Crippen LogP contribution >= 0.6 is 0 Å². The van der Waals surface area contributed by atoms with Crippen molar-refractivity contribution in [1.29, 1.82) is 0 Å². The monoisotopic (exact) mass is 761 g/mol. The number of anilines is 1. The molecule has 1 aromatic heterocycles. The second-order valence-electron chi connectivity index (χ2n) is 13.7. The van der Waals surface area contributed by atoms with Crippen molar-refractivity contribution in [1.82, 2.24) is 9.97 Å². The number of rotatable bonds is 17. The number of hydrogen-bond acceptors (Lipinski definition) is 7. The molecule has 0 radical (unpaired) electrons. The van der Waals surface area contributed by atoms with E-state index in [9.17, 15) is 31.1 Å². The Morgan fingerprint density at radius 2 is 1.50 bits per heavy atom. The first-order valence-corrected chi connectivity index (χ1v) is 17.5. The molecule has 1 heterocycles. The van der Waals surface area contributed by atoms with Gasteiger partial charge >= 0.3 is 18.3 Å². The lowest BCUT2D eigenvalue weighted by Gasteiger charge is -2.39. The number of alkyl halides is 6. The molecule has 0 saturated carbocycles. The molecule has 54 heavy (non-hydrogen) atoms. The average molecular weight is 762 g/mol. The van der Waals surface area contributed by atoms with Crippen LogP contribution in [0, 0.1) is 0 Å². The molecule has 14 heteroatoms. The SMILES string of the molecule is CCOc1ccc(-c2cc(C(C)C)ccc2OC)c(CN(c2ncc(OCCCC(=O)O)cn2)C(C)(C)CCc2cc(C(F)(F)F)cc(C(F)(F)F)c2)c1. The summed E-state index contributed by atoms with van der Waals surface area (Å²) < 4.78 is 99.5. The molecule has 0 aliphatic heterocycles. The molecule has 292 valence electrons. The van der Waals surface area contributed by atoms with E-state index in [0.29, 0.717) is 23.9 Å². The minimum Gasteiger partial charge on any atom is -0.496 e. The lowest BCUT2D eigenvalue weighted by atomic mass is 9.90. The molecule has 1 N–H and O–H groups in total. The van der Waals surface area contributed by atoms with Gasteiger partial charge in [0.1, 0.15) is 11.5 Å². The van der Waals surface area contributed by atoms with Crippen molar-refractivity contribution in [2.45, 2.75) is 90.7 Å². The Balaban J connectivity index is 1.80. The summed E-state index contributed by atoms with van der Waals surface area (Å²) >= 11 is 0. The number of methoxy groups -OCH3 is 1. The van der Waals surface area contributed by atoms with Crippen molar-refractivity contribution in [3.05, 3.63) is 94.8 Å². The van der Waals surface area contributed by atoms with Gasteiger partial charge in [-0.2, -0.15) is 26.3 Å². The summed E-state index contributed by atoms with van der Waals surface area (Å²) in [6.07, 6.45) is -6.92. The second-order valence-corrected chi connectivity index (χ2v) is 13.7. The summed E-state index contributed by atoms with van der Waals surface area (Å²) in [6.45, 7) is 10.3. The Morgan fingerprint density at radius 1 is 0.852 bits per heavy atom. The van der Waals surface area contributed by atoms with E-state index in [2.05, 4.69) is 29.9 Å². The molecule has 4 aromatic rings. The van der Waals surface area contributed by atoms with Crippen molar-refractivity contribution >= 4 is 11.9 Å². The topological polar surface area (TPSA) is 94.0 Å². The first-order valence-electron chi connectivity index (χ1n) is 17.5. The number of aromatic nitrogens is 2. The van der Waals surface area contributed by atoms with Crippen LogP contribution in [0.5, 0.6) is 17.2 Å². The summed E-state index contributed by atoms with van der Waals surface area (Å²) in [5.41, 5.74) is -0.365. The Hall–Kier alpha value is -5.01. The number of benzene rings is 3. The number of aliphatic carboxylic acids is 1. The van der Waals surface area contributed by atoms with Gasteiger partial charge in [0, 0.05) is 24.1 Å². The lowest BCUT2D eigenvalue weighted by Crippen LogP contribution is -2.45. The Labute approximate surface area is 311 Å². The van der Waals surface area contributed by atoms with Crippen LogP contribution in [0.2, 0.25) is 0 Å². The normalized spacial score (nSPS) is 12.2. The van der Waals surface area contributed by atoms with Crippen LogP contribution in [0.3, 0.4) is 0 Å². The highest BCUT2D eigenvalue weighted by molar-refractivity contribution is 5.75. The van der Waals surface area contributed by atoms with E-state index in [0.717, 1.165) is 34.4 Å². The van der Waals surface area contributed by atoms with Crippen LogP contribution in [-0.4, -0.2) is 46.9 Å². The molecule has 3 aromatic carbocycles. The predicted molar refractivity (Wildman–Crippen MR) is 193 cm³/mol. The lowest BCUT2D eigenvalue weighted by molar-refractivity contribution is -0.143. The zero-order valence-electron chi connectivity index (χ0n) is 31.1. The first-order chi connectivity index (χ1) is 25.3. The van der Waals surface area contributed by atoms with Crippen molar-refractivity contribution in [3.63, 3.8) is 0 Å². The van der Waals surface area contributed by atoms with Crippen LogP contribution in [-0.2, 0) is 30.1 Å². The van der Waals surface area contributed by atoms with E-state index in [1.165, 1.54) is 12.4 Å². The van der Waals surface area contributed by atoms with Crippen molar-refractivity contribution < 1.29 is 50.5 Å². The van der Waals surface area contributed by atoms with Crippen LogP contribution in [0.4, 0.5) is 32.3 Å². The van der Waals surface area contributed by atoms with Gasteiger partial charge in [0.05, 0.1) is 43.8 Å². The van der Waals surface area contributed by atoms with E-state index in [4.69, 9.17) is 19.3 Å². The third-order valence-electron chi connectivity index (χ3n) is 8.96. The number of halogens is 6. The van der Waals surface area contributed by atoms with Crippen LogP contribution in [0.1, 0.15) is 87.6 Å². The summed E-state index contributed by atoms with van der Waals surface area (Å²) in [5, 5.41) is 8.93. The van der Waals surface area contributed by atoms with E-state index in [1.807, 2.05) is 56.0 Å². The molecule has 4 rings (SSSR count). The summed E-state index contributed by atoms with van der Waals surface area (Å²) in [4.78, 5) is 21.8. The summed E-state index contributed by atoms with van der Waals surface area (Å²) in [5.74, 6) is 0.977. The van der Waals surface area contributed by atoms with Gasteiger partial charge in [0.2, 0.25) is 5.95 Å². The molecule has 0 atom stereocenters. The van der Waals surface area contributed by atoms with Gasteiger partial charge in [0.25, 0.3) is 0 Å².